The van der Waals surface area contributed by atoms with Crippen molar-refractivity contribution >= 4 is 0 Å². The van der Waals surface area contributed by atoms with Crippen LogP contribution in [-0.2, 0) is 0 Å². The lowest BCUT2D eigenvalue weighted by Crippen LogP contribution is -2.38. The van der Waals surface area contributed by atoms with E-state index in [1.54, 1.807) is 0 Å². The standard InChI is InChI=1S/C12H28N2O/c1-11(2)9-13-10-12(3)14-7-5-4-6-8-15/h11-15H,4-10H2,1-3H3. The van der Waals surface area contributed by atoms with E-state index < -0.39 is 0 Å². The van der Waals surface area contributed by atoms with Gasteiger partial charge in [0.2, 0.25) is 0 Å². The highest BCUT2D eigenvalue weighted by atomic mass is 16.2. The lowest BCUT2D eigenvalue weighted by molar-refractivity contribution is 0.282. The molecule has 0 saturated heterocycles. The fraction of sp³-hybridized carbons (Fsp3) is 1.00. The third kappa shape index (κ3) is 11.8. The molecule has 0 heterocycles. The predicted octanol–water partition coefficient (Wildman–Crippen LogP) is 1.37. The Morgan fingerprint density at radius 2 is 1.73 bits per heavy atom. The second-order valence-electron chi connectivity index (χ2n) is 4.69. The van der Waals surface area contributed by atoms with E-state index in [2.05, 4.69) is 31.4 Å². The SMILES string of the molecule is CC(C)CNCC(C)NCCCCCO. The molecule has 0 spiro atoms. The number of unbranched alkanes of at least 4 members (excludes halogenated alkanes) is 2. The zero-order valence-electron chi connectivity index (χ0n) is 10.6. The topological polar surface area (TPSA) is 44.3 Å². The van der Waals surface area contributed by atoms with Gasteiger partial charge in [-0.2, -0.15) is 0 Å². The summed E-state index contributed by atoms with van der Waals surface area (Å²) in [7, 11) is 0. The van der Waals surface area contributed by atoms with Gasteiger partial charge in [0.05, 0.1) is 0 Å². The van der Waals surface area contributed by atoms with Crippen LogP contribution in [0.15, 0.2) is 0 Å². The first-order valence-electron chi connectivity index (χ1n) is 6.21. The van der Waals surface area contributed by atoms with Crippen molar-refractivity contribution in [3.8, 4) is 0 Å². The number of aliphatic hydroxyl groups excluding tert-OH is 1. The fourth-order valence-corrected chi connectivity index (χ4v) is 1.42. The van der Waals surface area contributed by atoms with Crippen molar-refractivity contribution in [1.29, 1.82) is 0 Å². The minimum Gasteiger partial charge on any atom is -0.396 e. The van der Waals surface area contributed by atoms with Gasteiger partial charge in [0, 0.05) is 19.2 Å². The Bertz CT molecular complexity index is 129. The van der Waals surface area contributed by atoms with Crippen molar-refractivity contribution in [1.82, 2.24) is 10.6 Å². The van der Waals surface area contributed by atoms with E-state index in [-0.39, 0.29) is 0 Å². The molecule has 0 aliphatic rings. The lowest BCUT2D eigenvalue weighted by atomic mass is 10.2. The number of nitrogens with one attached hydrogen (secondary N) is 2. The Labute approximate surface area is 94.6 Å². The summed E-state index contributed by atoms with van der Waals surface area (Å²) in [5.41, 5.74) is 0. The van der Waals surface area contributed by atoms with Gasteiger partial charge in [-0.1, -0.05) is 13.8 Å². The highest BCUT2D eigenvalue weighted by Gasteiger charge is 2.00. The maximum Gasteiger partial charge on any atom is 0.0431 e. The van der Waals surface area contributed by atoms with Gasteiger partial charge in [0.15, 0.2) is 0 Å². The monoisotopic (exact) mass is 216 g/mol. The van der Waals surface area contributed by atoms with Crippen molar-refractivity contribution in [2.45, 2.75) is 46.1 Å². The van der Waals surface area contributed by atoms with Crippen LogP contribution < -0.4 is 10.6 Å². The fourth-order valence-electron chi connectivity index (χ4n) is 1.42. The molecule has 0 aromatic rings. The van der Waals surface area contributed by atoms with E-state index in [4.69, 9.17) is 5.11 Å². The van der Waals surface area contributed by atoms with E-state index >= 15 is 0 Å². The van der Waals surface area contributed by atoms with Gasteiger partial charge < -0.3 is 15.7 Å². The quantitative estimate of drug-likeness (QED) is 0.483. The van der Waals surface area contributed by atoms with E-state index in [1.165, 1.54) is 0 Å². The third-order valence-corrected chi connectivity index (χ3v) is 2.33. The van der Waals surface area contributed by atoms with Crippen LogP contribution in [-0.4, -0.2) is 37.4 Å². The van der Waals surface area contributed by atoms with Crippen molar-refractivity contribution in [2.75, 3.05) is 26.2 Å². The molecular weight excluding hydrogens is 188 g/mol. The predicted molar refractivity (Wildman–Crippen MR) is 66.1 cm³/mol. The number of rotatable bonds is 10. The highest BCUT2D eigenvalue weighted by Crippen LogP contribution is 1.93. The first-order valence-corrected chi connectivity index (χ1v) is 6.21. The Morgan fingerprint density at radius 1 is 1.00 bits per heavy atom. The number of hydrogen-bond acceptors (Lipinski definition) is 3. The molecule has 0 aliphatic heterocycles. The average molecular weight is 216 g/mol. The zero-order chi connectivity index (χ0) is 11.5. The van der Waals surface area contributed by atoms with Crippen LogP contribution in [0.3, 0.4) is 0 Å². The van der Waals surface area contributed by atoms with Gasteiger partial charge in [-0.3, -0.25) is 0 Å². The molecule has 0 aromatic heterocycles. The van der Waals surface area contributed by atoms with Gasteiger partial charge in [-0.05, 0) is 45.2 Å². The van der Waals surface area contributed by atoms with Crippen molar-refractivity contribution < 1.29 is 5.11 Å². The molecule has 0 saturated carbocycles. The van der Waals surface area contributed by atoms with Crippen LogP contribution >= 0.6 is 0 Å². The van der Waals surface area contributed by atoms with Gasteiger partial charge in [-0.25, -0.2) is 0 Å². The molecule has 0 fully saturated rings. The molecule has 0 amide bonds. The molecule has 0 bridgehead atoms. The first-order chi connectivity index (χ1) is 7.16. The summed E-state index contributed by atoms with van der Waals surface area (Å²) in [5.74, 6) is 0.724. The molecule has 1 unspecified atom stereocenters. The smallest absolute Gasteiger partial charge is 0.0431 e. The summed E-state index contributed by atoms with van der Waals surface area (Å²) in [6.07, 6.45) is 3.21. The van der Waals surface area contributed by atoms with Crippen LogP contribution in [0.1, 0.15) is 40.0 Å². The van der Waals surface area contributed by atoms with E-state index in [0.717, 1.165) is 44.8 Å². The second kappa shape index (κ2) is 10.4. The van der Waals surface area contributed by atoms with Crippen LogP contribution in [0.25, 0.3) is 0 Å². The molecular formula is C12H28N2O. The third-order valence-electron chi connectivity index (χ3n) is 2.33. The largest absolute Gasteiger partial charge is 0.396 e. The Balaban J connectivity index is 3.15. The van der Waals surface area contributed by atoms with Crippen molar-refractivity contribution in [3.63, 3.8) is 0 Å². The second-order valence-corrected chi connectivity index (χ2v) is 4.69. The molecule has 0 aromatic carbocycles. The molecule has 0 radical (unpaired) electrons. The first kappa shape index (κ1) is 14.9. The minimum absolute atomic E-state index is 0.325. The molecule has 3 N–H and O–H groups in total. The van der Waals surface area contributed by atoms with Crippen LogP contribution in [0.4, 0.5) is 0 Å². The summed E-state index contributed by atoms with van der Waals surface area (Å²) in [6, 6.07) is 0.540. The van der Waals surface area contributed by atoms with E-state index in [9.17, 15) is 0 Å². The zero-order valence-corrected chi connectivity index (χ0v) is 10.6. The summed E-state index contributed by atoms with van der Waals surface area (Å²) >= 11 is 0. The Morgan fingerprint density at radius 3 is 2.33 bits per heavy atom. The lowest BCUT2D eigenvalue weighted by Gasteiger charge is -2.15. The summed E-state index contributed by atoms with van der Waals surface area (Å²) in [4.78, 5) is 0. The van der Waals surface area contributed by atoms with Crippen LogP contribution in [0, 0.1) is 5.92 Å². The highest BCUT2D eigenvalue weighted by molar-refractivity contribution is 4.64. The van der Waals surface area contributed by atoms with Crippen LogP contribution in [0.2, 0.25) is 0 Å². The molecule has 3 heteroatoms. The maximum atomic E-state index is 8.61. The van der Waals surface area contributed by atoms with Gasteiger partial charge in [0.1, 0.15) is 0 Å². The summed E-state index contributed by atoms with van der Waals surface area (Å²) < 4.78 is 0. The van der Waals surface area contributed by atoms with Crippen molar-refractivity contribution in [3.05, 3.63) is 0 Å². The molecule has 1 atom stereocenters. The Hall–Kier alpha value is -0.120. The van der Waals surface area contributed by atoms with Gasteiger partial charge in [0.25, 0.3) is 0 Å². The van der Waals surface area contributed by atoms with Gasteiger partial charge >= 0.3 is 0 Å². The molecule has 3 nitrogen and oxygen atoms in total. The molecule has 0 aliphatic carbocycles. The summed E-state index contributed by atoms with van der Waals surface area (Å²) in [6.45, 7) is 10.2. The molecule has 0 rings (SSSR count). The van der Waals surface area contributed by atoms with Gasteiger partial charge in [-0.15, -0.1) is 0 Å². The maximum absolute atomic E-state index is 8.61. The number of hydrogen-bond donors (Lipinski definition) is 3. The minimum atomic E-state index is 0.325. The van der Waals surface area contributed by atoms with Crippen molar-refractivity contribution in [2.24, 2.45) is 5.92 Å². The average Bonchev–Trinajstić information content (AvgIpc) is 2.17. The summed E-state index contributed by atoms with van der Waals surface area (Å²) in [5, 5.41) is 15.5. The Kier molecular flexibility index (Phi) is 10.3. The van der Waals surface area contributed by atoms with Crippen LogP contribution in [0.5, 0.6) is 0 Å². The van der Waals surface area contributed by atoms with E-state index in [1.807, 2.05) is 0 Å². The molecule has 15 heavy (non-hydrogen) atoms. The molecule has 92 valence electrons. The van der Waals surface area contributed by atoms with E-state index in [0.29, 0.717) is 12.6 Å². The number of aliphatic hydroxyl groups is 1. The normalized spacial score (nSPS) is 13.4.